The predicted octanol–water partition coefficient (Wildman–Crippen LogP) is 3.34. The standard InChI is InChI=1S/C16H16N2O/c1-11-7-12(2)16(15(18)8-11)19-10-14-5-3-13(9-17)4-6-14/h3-8H,10,18H2,1-2H3. The summed E-state index contributed by atoms with van der Waals surface area (Å²) in [6.45, 7) is 4.44. The molecule has 3 heteroatoms. The minimum absolute atomic E-state index is 0.444. The van der Waals surface area contributed by atoms with Crippen molar-refractivity contribution in [2.24, 2.45) is 0 Å². The molecule has 19 heavy (non-hydrogen) atoms. The van der Waals surface area contributed by atoms with Crippen LogP contribution in [-0.2, 0) is 6.61 Å². The first-order valence-corrected chi connectivity index (χ1v) is 6.08. The Hall–Kier alpha value is -2.47. The molecule has 2 aromatic rings. The van der Waals surface area contributed by atoms with E-state index in [-0.39, 0.29) is 0 Å². The van der Waals surface area contributed by atoms with Crippen molar-refractivity contribution in [3.63, 3.8) is 0 Å². The molecule has 0 radical (unpaired) electrons. The average Bonchev–Trinajstić information content (AvgIpc) is 2.38. The van der Waals surface area contributed by atoms with E-state index in [2.05, 4.69) is 6.07 Å². The number of nitriles is 1. The summed E-state index contributed by atoms with van der Waals surface area (Å²) in [6, 6.07) is 13.4. The van der Waals surface area contributed by atoms with Crippen LogP contribution in [0.3, 0.4) is 0 Å². The Morgan fingerprint density at radius 1 is 1.16 bits per heavy atom. The molecule has 2 rings (SSSR count). The lowest BCUT2D eigenvalue weighted by atomic mass is 10.1. The molecule has 0 heterocycles. The number of hydrogen-bond donors (Lipinski definition) is 1. The Labute approximate surface area is 113 Å². The number of benzene rings is 2. The lowest BCUT2D eigenvalue weighted by Crippen LogP contribution is -2.01. The second kappa shape index (κ2) is 5.45. The predicted molar refractivity (Wildman–Crippen MR) is 75.8 cm³/mol. The second-order valence-corrected chi connectivity index (χ2v) is 4.60. The van der Waals surface area contributed by atoms with E-state index in [0.29, 0.717) is 17.9 Å². The van der Waals surface area contributed by atoms with Crippen molar-refractivity contribution in [1.82, 2.24) is 0 Å². The molecule has 0 fully saturated rings. The minimum Gasteiger partial charge on any atom is -0.486 e. The smallest absolute Gasteiger partial charge is 0.145 e. The molecule has 0 aliphatic heterocycles. The Morgan fingerprint density at radius 2 is 1.84 bits per heavy atom. The molecular formula is C16H16N2O. The summed E-state index contributed by atoms with van der Waals surface area (Å²) in [5.74, 6) is 0.731. The largest absolute Gasteiger partial charge is 0.486 e. The first-order chi connectivity index (χ1) is 9.10. The van der Waals surface area contributed by atoms with E-state index < -0.39 is 0 Å². The fraction of sp³-hybridized carbons (Fsp3) is 0.188. The first kappa shape index (κ1) is 13.0. The van der Waals surface area contributed by atoms with Gasteiger partial charge in [-0.15, -0.1) is 0 Å². The van der Waals surface area contributed by atoms with Gasteiger partial charge in [-0.1, -0.05) is 18.2 Å². The van der Waals surface area contributed by atoms with Crippen LogP contribution in [0.5, 0.6) is 5.75 Å². The molecule has 0 bridgehead atoms. The van der Waals surface area contributed by atoms with Gasteiger partial charge in [0.05, 0.1) is 17.3 Å². The number of rotatable bonds is 3. The van der Waals surface area contributed by atoms with Gasteiger partial charge in [0.2, 0.25) is 0 Å². The van der Waals surface area contributed by atoms with Crippen molar-refractivity contribution < 1.29 is 4.74 Å². The second-order valence-electron chi connectivity index (χ2n) is 4.60. The van der Waals surface area contributed by atoms with Gasteiger partial charge < -0.3 is 10.5 Å². The van der Waals surface area contributed by atoms with Gasteiger partial charge in [-0.2, -0.15) is 5.26 Å². The van der Waals surface area contributed by atoms with Crippen molar-refractivity contribution in [3.05, 3.63) is 58.7 Å². The molecule has 96 valence electrons. The van der Waals surface area contributed by atoms with Crippen LogP contribution in [-0.4, -0.2) is 0 Å². The zero-order chi connectivity index (χ0) is 13.8. The maximum Gasteiger partial charge on any atom is 0.145 e. The molecule has 0 aromatic heterocycles. The van der Waals surface area contributed by atoms with Crippen LogP contribution >= 0.6 is 0 Å². The number of nitrogens with zero attached hydrogens (tertiary/aromatic N) is 1. The summed E-state index contributed by atoms with van der Waals surface area (Å²) in [5, 5.41) is 8.74. The van der Waals surface area contributed by atoms with Gasteiger partial charge in [-0.3, -0.25) is 0 Å². The SMILES string of the molecule is Cc1cc(C)c(OCc2ccc(C#N)cc2)c(N)c1. The summed E-state index contributed by atoms with van der Waals surface area (Å²) in [7, 11) is 0. The molecule has 0 unspecified atom stereocenters. The number of hydrogen-bond acceptors (Lipinski definition) is 3. The average molecular weight is 252 g/mol. The number of aryl methyl sites for hydroxylation is 2. The highest BCUT2D eigenvalue weighted by Crippen LogP contribution is 2.28. The normalized spacial score (nSPS) is 9.95. The van der Waals surface area contributed by atoms with Crippen molar-refractivity contribution >= 4 is 5.69 Å². The van der Waals surface area contributed by atoms with E-state index in [1.54, 1.807) is 12.1 Å². The highest BCUT2D eigenvalue weighted by molar-refractivity contribution is 5.58. The van der Waals surface area contributed by atoms with Crippen LogP contribution in [0, 0.1) is 25.2 Å². The molecule has 0 spiro atoms. The van der Waals surface area contributed by atoms with Gasteiger partial charge >= 0.3 is 0 Å². The Kier molecular flexibility index (Phi) is 3.72. The van der Waals surface area contributed by atoms with Crippen molar-refractivity contribution in [1.29, 1.82) is 5.26 Å². The van der Waals surface area contributed by atoms with Crippen LogP contribution in [0.15, 0.2) is 36.4 Å². The molecule has 0 aliphatic carbocycles. The van der Waals surface area contributed by atoms with E-state index >= 15 is 0 Å². The van der Waals surface area contributed by atoms with Crippen LogP contribution in [0.4, 0.5) is 5.69 Å². The summed E-state index contributed by atoms with van der Waals surface area (Å²) in [6.07, 6.45) is 0. The van der Waals surface area contributed by atoms with Crippen LogP contribution in [0.2, 0.25) is 0 Å². The zero-order valence-electron chi connectivity index (χ0n) is 11.1. The molecule has 0 atom stereocenters. The van der Waals surface area contributed by atoms with E-state index in [4.69, 9.17) is 15.7 Å². The Balaban J connectivity index is 2.12. The molecular weight excluding hydrogens is 236 g/mol. The third-order valence-electron chi connectivity index (χ3n) is 2.91. The fourth-order valence-corrected chi connectivity index (χ4v) is 2.02. The quantitative estimate of drug-likeness (QED) is 0.852. The lowest BCUT2D eigenvalue weighted by molar-refractivity contribution is 0.306. The number of nitrogens with two attached hydrogens (primary N) is 1. The van der Waals surface area contributed by atoms with E-state index in [9.17, 15) is 0 Å². The van der Waals surface area contributed by atoms with Crippen molar-refractivity contribution in [3.8, 4) is 11.8 Å². The monoisotopic (exact) mass is 252 g/mol. The zero-order valence-corrected chi connectivity index (χ0v) is 11.1. The number of anilines is 1. The fourth-order valence-electron chi connectivity index (χ4n) is 2.02. The summed E-state index contributed by atoms with van der Waals surface area (Å²) in [4.78, 5) is 0. The molecule has 3 nitrogen and oxygen atoms in total. The first-order valence-electron chi connectivity index (χ1n) is 6.08. The number of nitrogen functional groups attached to an aromatic ring is 1. The van der Waals surface area contributed by atoms with Gasteiger partial charge in [0.1, 0.15) is 12.4 Å². The highest BCUT2D eigenvalue weighted by atomic mass is 16.5. The molecule has 0 aliphatic rings. The third-order valence-corrected chi connectivity index (χ3v) is 2.91. The van der Waals surface area contributed by atoms with Gasteiger partial charge in [0.25, 0.3) is 0 Å². The van der Waals surface area contributed by atoms with Crippen LogP contribution in [0.1, 0.15) is 22.3 Å². The summed E-state index contributed by atoms with van der Waals surface area (Å²) < 4.78 is 5.77. The highest BCUT2D eigenvalue weighted by Gasteiger charge is 2.06. The van der Waals surface area contributed by atoms with Crippen molar-refractivity contribution in [2.45, 2.75) is 20.5 Å². The third kappa shape index (κ3) is 3.05. The Morgan fingerprint density at radius 3 is 2.42 bits per heavy atom. The van der Waals surface area contributed by atoms with Crippen LogP contribution < -0.4 is 10.5 Å². The van der Waals surface area contributed by atoms with Gasteiger partial charge in [-0.25, -0.2) is 0 Å². The van der Waals surface area contributed by atoms with E-state index in [1.807, 2.05) is 38.1 Å². The molecule has 2 N–H and O–H groups in total. The van der Waals surface area contributed by atoms with Crippen LogP contribution in [0.25, 0.3) is 0 Å². The minimum atomic E-state index is 0.444. The maximum atomic E-state index is 8.74. The Bertz CT molecular complexity index is 601. The van der Waals surface area contributed by atoms with Gasteiger partial charge in [0, 0.05) is 0 Å². The van der Waals surface area contributed by atoms with E-state index in [1.165, 1.54) is 0 Å². The topological polar surface area (TPSA) is 59.0 Å². The van der Waals surface area contributed by atoms with Crippen molar-refractivity contribution in [2.75, 3.05) is 5.73 Å². The van der Waals surface area contributed by atoms with E-state index in [0.717, 1.165) is 22.4 Å². The number of ether oxygens (including phenoxy) is 1. The summed E-state index contributed by atoms with van der Waals surface area (Å²) in [5.41, 5.74) is 10.4. The summed E-state index contributed by atoms with van der Waals surface area (Å²) >= 11 is 0. The van der Waals surface area contributed by atoms with Gasteiger partial charge in [0.15, 0.2) is 0 Å². The molecule has 0 amide bonds. The molecule has 0 saturated heterocycles. The van der Waals surface area contributed by atoms with Gasteiger partial charge in [-0.05, 0) is 48.7 Å². The lowest BCUT2D eigenvalue weighted by Gasteiger charge is -2.12. The molecule has 0 saturated carbocycles. The maximum absolute atomic E-state index is 8.74. The molecule has 2 aromatic carbocycles.